The van der Waals surface area contributed by atoms with Crippen molar-refractivity contribution in [3.63, 3.8) is 0 Å². The Kier molecular flexibility index (Phi) is 16.8. The fourth-order valence-electron chi connectivity index (χ4n) is 9.35. The molecule has 0 aromatic carbocycles. The second kappa shape index (κ2) is 21.7. The number of ether oxygens (including phenoxy) is 10. The third kappa shape index (κ3) is 10.6. The molecule has 0 amide bonds. The number of methoxy groups -OCH3 is 1. The van der Waals surface area contributed by atoms with Gasteiger partial charge in [-0.2, -0.15) is 0 Å². The zero-order valence-corrected chi connectivity index (χ0v) is 36.5. The normalized spacial score (nSPS) is 42.4. The zero-order valence-electron chi connectivity index (χ0n) is 36.5. The van der Waals surface area contributed by atoms with E-state index in [9.17, 15) is 60.0 Å². The second-order valence-electron chi connectivity index (χ2n) is 17.0. The van der Waals surface area contributed by atoms with Crippen molar-refractivity contribution >= 4 is 23.9 Å². The molecule has 65 heavy (non-hydrogen) atoms. The maximum Gasteiger partial charge on any atom is 0.337 e. The Labute approximate surface area is 373 Å². The molecule has 0 spiro atoms. The predicted molar refractivity (Wildman–Crippen MR) is 213 cm³/mol. The molecule has 1 aliphatic carbocycles. The van der Waals surface area contributed by atoms with Gasteiger partial charge in [0.15, 0.2) is 12.6 Å². The Hall–Kier alpha value is -4.04. The molecule has 2 bridgehead atoms. The number of hydrogen-bond donors (Lipinski definition) is 8. The molecule has 364 valence electrons. The van der Waals surface area contributed by atoms with E-state index in [4.69, 9.17) is 47.4 Å². The summed E-state index contributed by atoms with van der Waals surface area (Å²) in [6, 6.07) is 0. The van der Waals surface area contributed by atoms with E-state index in [-0.39, 0.29) is 59.7 Å². The lowest BCUT2D eigenvalue weighted by Crippen LogP contribution is -2.60. The lowest BCUT2D eigenvalue weighted by Gasteiger charge is -2.42. The highest BCUT2D eigenvalue weighted by atomic mass is 16.8. The molecule has 19 atom stereocenters. The van der Waals surface area contributed by atoms with Gasteiger partial charge in [0.1, 0.15) is 54.9 Å². The molecule has 0 unspecified atom stereocenters. The number of cyclic esters (lactones) is 1. The van der Waals surface area contributed by atoms with Crippen LogP contribution < -0.4 is 0 Å². The van der Waals surface area contributed by atoms with E-state index in [1.807, 2.05) is 13.8 Å². The van der Waals surface area contributed by atoms with Gasteiger partial charge in [-0.05, 0) is 38.0 Å². The topological polar surface area (TPSA) is 322 Å². The molecule has 4 fully saturated rings. The summed E-state index contributed by atoms with van der Waals surface area (Å²) in [5.41, 5.74) is 0.427. The van der Waals surface area contributed by atoms with Gasteiger partial charge >= 0.3 is 23.9 Å². The number of fused-ring (bicyclic) bond motifs is 3. The van der Waals surface area contributed by atoms with Gasteiger partial charge in [0.25, 0.3) is 0 Å². The smallest absolute Gasteiger partial charge is 0.337 e. The summed E-state index contributed by atoms with van der Waals surface area (Å²) in [5, 5.41) is 81.4. The van der Waals surface area contributed by atoms with Gasteiger partial charge in [-0.25, -0.2) is 9.59 Å². The molecular weight excluding hydrogens is 868 g/mol. The van der Waals surface area contributed by atoms with Crippen molar-refractivity contribution < 1.29 is 107 Å². The number of aliphatic hydroxyl groups excluding tert-OH is 8. The number of rotatable bonds is 11. The first-order valence-electron chi connectivity index (χ1n) is 21.5. The number of hydrogen-bond acceptors (Lipinski definition) is 22. The van der Waals surface area contributed by atoms with E-state index in [0.717, 1.165) is 19.6 Å². The van der Waals surface area contributed by atoms with Crippen LogP contribution in [0, 0.1) is 35.5 Å². The molecule has 22 heteroatoms. The standard InChI is InChI=1S/C43H60O22/c1-6-19-22(25(38(54)56-5)15-59-40(19)64-42-36(52)34(50)32(48)28(11-44)62-42)9-30(46)57-14-24-18(4)27-8-21(24)17(3)13-58-39(55)26-16-60-41(20(7-2)23(26)10-31(47)61-27)65-43-37(53)35(51)33(49)29(12-45)63-43/h6-7,15-18,21-24,27-29,32-37,40-45,48-53H,8-14H2,1-5H3/b19-6+,20-7?/t17-,18+,21-,22-,23-,24+,27-,28+,29+,32+,33+,34-,35-,36+,37+,40-,41-,42-,43-/m0/s1. The molecule has 6 aliphatic rings. The van der Waals surface area contributed by atoms with Crippen LogP contribution in [-0.2, 0) is 66.5 Å². The monoisotopic (exact) mass is 928 g/mol. The third-order valence-electron chi connectivity index (χ3n) is 13.3. The van der Waals surface area contributed by atoms with Crippen LogP contribution in [0.5, 0.6) is 0 Å². The second-order valence-corrected chi connectivity index (χ2v) is 17.0. The van der Waals surface area contributed by atoms with Crippen LogP contribution in [0.2, 0.25) is 0 Å². The summed E-state index contributed by atoms with van der Waals surface area (Å²) < 4.78 is 56.8. The molecule has 0 aromatic heterocycles. The van der Waals surface area contributed by atoms with E-state index in [0.29, 0.717) is 6.42 Å². The lowest BCUT2D eigenvalue weighted by molar-refractivity contribution is -0.327. The first kappa shape index (κ1) is 50.4. The average Bonchev–Trinajstić information content (AvgIpc) is 3.60. The zero-order chi connectivity index (χ0) is 47.4. The molecule has 0 aromatic rings. The molecule has 8 N–H and O–H groups in total. The van der Waals surface area contributed by atoms with Crippen LogP contribution >= 0.6 is 0 Å². The minimum atomic E-state index is -1.77. The Balaban J connectivity index is 1.14. The number of carbonyl (C=O) groups excluding carboxylic acids is 4. The maximum absolute atomic E-state index is 13.8. The molecule has 0 radical (unpaired) electrons. The van der Waals surface area contributed by atoms with E-state index in [2.05, 4.69) is 0 Å². The quantitative estimate of drug-likeness (QED) is 0.0637. The fourth-order valence-corrected chi connectivity index (χ4v) is 9.35. The Bertz CT molecular complexity index is 1840. The van der Waals surface area contributed by atoms with E-state index in [1.54, 1.807) is 19.9 Å². The summed E-state index contributed by atoms with van der Waals surface area (Å²) in [6.07, 6.45) is -14.6. The first-order valence-corrected chi connectivity index (χ1v) is 21.5. The summed E-state index contributed by atoms with van der Waals surface area (Å²) in [7, 11) is 1.14. The summed E-state index contributed by atoms with van der Waals surface area (Å²) in [6.45, 7) is 5.29. The van der Waals surface area contributed by atoms with Crippen molar-refractivity contribution in [3.05, 3.63) is 47.0 Å². The Morgan fingerprint density at radius 2 is 1.37 bits per heavy atom. The van der Waals surface area contributed by atoms with Gasteiger partial charge in [0, 0.05) is 28.9 Å². The van der Waals surface area contributed by atoms with Crippen molar-refractivity contribution in [2.24, 2.45) is 35.5 Å². The van der Waals surface area contributed by atoms with Gasteiger partial charge in [0.05, 0.1) is 70.0 Å². The van der Waals surface area contributed by atoms with E-state index < -0.39 is 141 Å². The minimum Gasteiger partial charge on any atom is -0.468 e. The number of carbonyl (C=O) groups is 4. The molecular formula is C43H60O22. The molecule has 1 saturated carbocycles. The fraction of sp³-hybridized carbons (Fsp3) is 0.721. The van der Waals surface area contributed by atoms with Gasteiger partial charge < -0.3 is 88.2 Å². The van der Waals surface area contributed by atoms with Gasteiger partial charge in [-0.15, -0.1) is 0 Å². The van der Waals surface area contributed by atoms with E-state index in [1.165, 1.54) is 6.08 Å². The molecule has 5 aliphatic heterocycles. The van der Waals surface area contributed by atoms with Crippen LogP contribution in [0.15, 0.2) is 47.0 Å². The number of esters is 4. The summed E-state index contributed by atoms with van der Waals surface area (Å²) in [5.74, 6) is -6.39. The Morgan fingerprint density at radius 3 is 1.92 bits per heavy atom. The van der Waals surface area contributed by atoms with Crippen LogP contribution in [-0.4, -0.2) is 178 Å². The van der Waals surface area contributed by atoms with Crippen molar-refractivity contribution in [1.82, 2.24) is 0 Å². The number of aliphatic hydroxyl groups is 8. The van der Waals surface area contributed by atoms with Crippen LogP contribution in [0.25, 0.3) is 0 Å². The maximum atomic E-state index is 13.8. The molecule has 22 nitrogen and oxygen atoms in total. The van der Waals surface area contributed by atoms with Gasteiger partial charge in [0.2, 0.25) is 12.6 Å². The van der Waals surface area contributed by atoms with Crippen molar-refractivity contribution in [1.29, 1.82) is 0 Å². The van der Waals surface area contributed by atoms with Crippen LogP contribution in [0.1, 0.15) is 47.0 Å². The lowest BCUT2D eigenvalue weighted by atomic mass is 9.83. The Morgan fingerprint density at radius 1 is 0.800 bits per heavy atom. The summed E-state index contributed by atoms with van der Waals surface area (Å²) in [4.78, 5) is 54.1. The largest absolute Gasteiger partial charge is 0.468 e. The molecule has 3 saturated heterocycles. The van der Waals surface area contributed by atoms with Crippen LogP contribution in [0.4, 0.5) is 0 Å². The highest BCUT2D eigenvalue weighted by Crippen LogP contribution is 2.45. The van der Waals surface area contributed by atoms with Gasteiger partial charge in [-0.3, -0.25) is 9.59 Å². The molecule has 5 heterocycles. The SMILES string of the molecule is CC=C1[C@H](O[C@@H]2O[C@H](CO)[C@@H](O)[C@H](O)[C@H]2O)OC=C2C(=O)OC[C@H](C)[C@@H]3C[C@H](OC(=O)C[C@H]21)[C@H](C)[C@H]3COC(=O)C[C@@H]1C(C(=O)OC)=CO[C@@H](O[C@@H]2O[C@H](CO)[C@@H](O)[C@H](O)[C@H]2O)/C1=C/C. The van der Waals surface area contributed by atoms with Crippen LogP contribution in [0.3, 0.4) is 0 Å². The predicted octanol–water partition coefficient (Wildman–Crippen LogP) is -1.90. The third-order valence-corrected chi connectivity index (χ3v) is 13.3. The minimum absolute atomic E-state index is 0.0165. The highest BCUT2D eigenvalue weighted by molar-refractivity contribution is 5.91. The van der Waals surface area contributed by atoms with Crippen molar-refractivity contribution in [2.75, 3.05) is 33.5 Å². The van der Waals surface area contributed by atoms with Gasteiger partial charge in [-0.1, -0.05) is 26.0 Å². The summed E-state index contributed by atoms with van der Waals surface area (Å²) >= 11 is 0. The molecule has 6 rings (SSSR count). The highest BCUT2D eigenvalue weighted by Gasteiger charge is 2.51. The average molecular weight is 929 g/mol. The van der Waals surface area contributed by atoms with Crippen molar-refractivity contribution in [3.8, 4) is 0 Å². The first-order chi connectivity index (χ1) is 31.0. The number of allylic oxidation sites excluding steroid dienone is 2. The van der Waals surface area contributed by atoms with Crippen molar-refractivity contribution in [2.45, 2.75) is 127 Å². The van der Waals surface area contributed by atoms with E-state index >= 15 is 0 Å².